The molecule has 0 aromatic heterocycles. The van der Waals surface area contributed by atoms with E-state index in [1.54, 1.807) is 0 Å². The number of carbonyl (C=O) groups is 1. The molecule has 1 aliphatic rings. The summed E-state index contributed by atoms with van der Waals surface area (Å²) in [5.41, 5.74) is 0.609. The zero-order valence-electron chi connectivity index (χ0n) is 12.9. The van der Waals surface area contributed by atoms with E-state index in [1.807, 2.05) is 45.0 Å². The van der Waals surface area contributed by atoms with Crippen molar-refractivity contribution in [3.05, 3.63) is 29.8 Å². The second kappa shape index (κ2) is 6.43. The Balaban J connectivity index is 1.86. The number of benzene rings is 1. The van der Waals surface area contributed by atoms with Gasteiger partial charge in [0.05, 0.1) is 0 Å². The van der Waals surface area contributed by atoms with E-state index in [4.69, 9.17) is 4.74 Å². The van der Waals surface area contributed by atoms with Crippen LogP contribution in [0.3, 0.4) is 0 Å². The standard InChI is InChI=1S/C18H26O2/c1-18(2,3)20-16-11-9-15(10-12-16)17(19)13-8-14-6-4-5-7-14/h9-12,14H,4-8,13H2,1-3H3. The lowest BCUT2D eigenvalue weighted by atomic mass is 9.97. The predicted octanol–water partition coefficient (Wildman–Crippen LogP) is 5.02. The maximum Gasteiger partial charge on any atom is 0.162 e. The van der Waals surface area contributed by atoms with Gasteiger partial charge in [0.25, 0.3) is 0 Å². The smallest absolute Gasteiger partial charge is 0.162 e. The maximum absolute atomic E-state index is 12.2. The van der Waals surface area contributed by atoms with Gasteiger partial charge in [-0.1, -0.05) is 25.7 Å². The first-order chi connectivity index (χ1) is 9.44. The Labute approximate surface area is 122 Å². The second-order valence-corrected chi connectivity index (χ2v) is 6.85. The minimum atomic E-state index is -0.200. The van der Waals surface area contributed by atoms with Crippen molar-refractivity contribution in [2.24, 2.45) is 5.92 Å². The third kappa shape index (κ3) is 4.66. The fraction of sp³-hybridized carbons (Fsp3) is 0.611. The van der Waals surface area contributed by atoms with Gasteiger partial charge in [-0.3, -0.25) is 4.79 Å². The zero-order chi connectivity index (χ0) is 14.6. The number of hydrogen-bond acceptors (Lipinski definition) is 2. The summed E-state index contributed by atoms with van der Waals surface area (Å²) >= 11 is 0. The normalized spacial score (nSPS) is 16.4. The Morgan fingerprint density at radius 3 is 2.30 bits per heavy atom. The summed E-state index contributed by atoms with van der Waals surface area (Å²) in [5.74, 6) is 1.87. The molecule has 0 radical (unpaired) electrons. The highest BCUT2D eigenvalue weighted by Crippen LogP contribution is 2.29. The fourth-order valence-corrected chi connectivity index (χ4v) is 2.84. The lowest BCUT2D eigenvalue weighted by Crippen LogP contribution is -2.22. The molecule has 2 heteroatoms. The van der Waals surface area contributed by atoms with Gasteiger partial charge in [0.2, 0.25) is 0 Å². The average molecular weight is 274 g/mol. The van der Waals surface area contributed by atoms with Crippen LogP contribution in [0.2, 0.25) is 0 Å². The van der Waals surface area contributed by atoms with E-state index in [0.29, 0.717) is 6.42 Å². The summed E-state index contributed by atoms with van der Waals surface area (Å²) < 4.78 is 5.77. The van der Waals surface area contributed by atoms with Gasteiger partial charge in [-0.15, -0.1) is 0 Å². The number of hydrogen-bond donors (Lipinski definition) is 0. The molecule has 1 aromatic rings. The van der Waals surface area contributed by atoms with Crippen LogP contribution in [0.25, 0.3) is 0 Å². The van der Waals surface area contributed by atoms with Crippen LogP contribution in [0.1, 0.15) is 69.7 Å². The van der Waals surface area contributed by atoms with E-state index < -0.39 is 0 Å². The third-order valence-electron chi connectivity index (χ3n) is 3.85. The molecule has 0 heterocycles. The van der Waals surface area contributed by atoms with Crippen molar-refractivity contribution in [2.75, 3.05) is 0 Å². The van der Waals surface area contributed by atoms with E-state index >= 15 is 0 Å². The molecule has 110 valence electrons. The quantitative estimate of drug-likeness (QED) is 0.705. The molecule has 2 rings (SSSR count). The monoisotopic (exact) mass is 274 g/mol. The first-order valence-corrected chi connectivity index (χ1v) is 7.76. The van der Waals surface area contributed by atoms with Gasteiger partial charge in [-0.25, -0.2) is 0 Å². The van der Waals surface area contributed by atoms with E-state index in [9.17, 15) is 4.79 Å². The van der Waals surface area contributed by atoms with Crippen molar-refractivity contribution in [1.82, 2.24) is 0 Å². The van der Waals surface area contributed by atoms with Crippen LogP contribution in [0.4, 0.5) is 0 Å². The van der Waals surface area contributed by atoms with Crippen LogP contribution in [0, 0.1) is 5.92 Å². The van der Waals surface area contributed by atoms with Gasteiger partial charge in [-0.05, 0) is 57.4 Å². The molecule has 1 aromatic carbocycles. The van der Waals surface area contributed by atoms with Crippen molar-refractivity contribution in [3.8, 4) is 5.75 Å². The first-order valence-electron chi connectivity index (χ1n) is 7.76. The van der Waals surface area contributed by atoms with E-state index in [0.717, 1.165) is 23.7 Å². The van der Waals surface area contributed by atoms with Gasteiger partial charge in [0, 0.05) is 12.0 Å². The van der Waals surface area contributed by atoms with Gasteiger partial charge >= 0.3 is 0 Å². The minimum Gasteiger partial charge on any atom is -0.488 e. The molecule has 0 unspecified atom stereocenters. The van der Waals surface area contributed by atoms with Gasteiger partial charge in [0.15, 0.2) is 5.78 Å². The molecule has 0 spiro atoms. The van der Waals surface area contributed by atoms with Gasteiger partial charge < -0.3 is 4.74 Å². The summed E-state index contributed by atoms with van der Waals surface area (Å²) in [6.07, 6.45) is 7.05. The van der Waals surface area contributed by atoms with E-state index in [-0.39, 0.29) is 11.4 Å². The van der Waals surface area contributed by atoms with E-state index in [1.165, 1.54) is 25.7 Å². The minimum absolute atomic E-state index is 0.200. The zero-order valence-corrected chi connectivity index (χ0v) is 12.9. The first kappa shape index (κ1) is 15.1. The number of ether oxygens (including phenoxy) is 1. The predicted molar refractivity (Wildman–Crippen MR) is 82.3 cm³/mol. The summed E-state index contributed by atoms with van der Waals surface area (Å²) in [7, 11) is 0. The second-order valence-electron chi connectivity index (χ2n) is 6.85. The SMILES string of the molecule is CC(C)(C)Oc1ccc(C(=O)CCC2CCCC2)cc1. The van der Waals surface area contributed by atoms with Crippen molar-refractivity contribution >= 4 is 5.78 Å². The lowest BCUT2D eigenvalue weighted by Gasteiger charge is -2.21. The Morgan fingerprint density at radius 1 is 1.15 bits per heavy atom. The molecular weight excluding hydrogens is 248 g/mol. The maximum atomic E-state index is 12.2. The molecule has 20 heavy (non-hydrogen) atoms. The van der Waals surface area contributed by atoms with Crippen LogP contribution in [-0.2, 0) is 0 Å². The summed E-state index contributed by atoms with van der Waals surface area (Å²) in [6.45, 7) is 6.06. The molecule has 0 atom stereocenters. The largest absolute Gasteiger partial charge is 0.488 e. The van der Waals surface area contributed by atoms with E-state index in [2.05, 4.69) is 0 Å². The molecular formula is C18H26O2. The topological polar surface area (TPSA) is 26.3 Å². The van der Waals surface area contributed by atoms with Crippen molar-refractivity contribution in [2.45, 2.75) is 64.9 Å². The Hall–Kier alpha value is -1.31. The fourth-order valence-electron chi connectivity index (χ4n) is 2.84. The van der Waals surface area contributed by atoms with Crippen molar-refractivity contribution < 1.29 is 9.53 Å². The molecule has 2 nitrogen and oxygen atoms in total. The van der Waals surface area contributed by atoms with Crippen molar-refractivity contribution in [1.29, 1.82) is 0 Å². The van der Waals surface area contributed by atoms with Gasteiger partial charge in [0.1, 0.15) is 11.4 Å². The summed E-state index contributed by atoms with van der Waals surface area (Å²) in [5, 5.41) is 0. The highest BCUT2D eigenvalue weighted by atomic mass is 16.5. The Morgan fingerprint density at radius 2 is 1.75 bits per heavy atom. The molecule has 0 amide bonds. The molecule has 0 aliphatic heterocycles. The molecule has 1 fully saturated rings. The number of carbonyl (C=O) groups excluding carboxylic acids is 1. The highest BCUT2D eigenvalue weighted by Gasteiger charge is 2.17. The van der Waals surface area contributed by atoms with Crippen LogP contribution in [0.15, 0.2) is 24.3 Å². The van der Waals surface area contributed by atoms with Crippen LogP contribution >= 0.6 is 0 Å². The molecule has 0 saturated heterocycles. The van der Waals surface area contributed by atoms with Crippen LogP contribution in [0.5, 0.6) is 5.75 Å². The lowest BCUT2D eigenvalue weighted by molar-refractivity contribution is 0.0974. The van der Waals surface area contributed by atoms with Crippen LogP contribution in [-0.4, -0.2) is 11.4 Å². The molecule has 0 bridgehead atoms. The Bertz CT molecular complexity index is 433. The number of Topliss-reactive ketones (excluding diaryl/α,β-unsaturated/α-hetero) is 1. The summed E-state index contributed by atoms with van der Waals surface area (Å²) in [4.78, 5) is 12.2. The molecule has 0 N–H and O–H groups in total. The highest BCUT2D eigenvalue weighted by molar-refractivity contribution is 5.96. The third-order valence-corrected chi connectivity index (χ3v) is 3.85. The average Bonchev–Trinajstić information content (AvgIpc) is 2.88. The van der Waals surface area contributed by atoms with Crippen LogP contribution < -0.4 is 4.74 Å². The molecule has 1 saturated carbocycles. The number of ketones is 1. The summed E-state index contributed by atoms with van der Waals surface area (Å²) in [6, 6.07) is 7.57. The molecule has 1 aliphatic carbocycles. The van der Waals surface area contributed by atoms with Crippen molar-refractivity contribution in [3.63, 3.8) is 0 Å². The van der Waals surface area contributed by atoms with Gasteiger partial charge in [-0.2, -0.15) is 0 Å². The Kier molecular flexibility index (Phi) is 4.85. The number of rotatable bonds is 5.